The van der Waals surface area contributed by atoms with Crippen LogP contribution in [0.5, 0.6) is 5.75 Å². The maximum absolute atomic E-state index is 12.5. The van der Waals surface area contributed by atoms with Crippen molar-refractivity contribution in [2.45, 2.75) is 51.7 Å². The molecule has 0 bridgehead atoms. The van der Waals surface area contributed by atoms with Gasteiger partial charge in [-0.3, -0.25) is 4.79 Å². The predicted molar refractivity (Wildman–Crippen MR) is 107 cm³/mol. The summed E-state index contributed by atoms with van der Waals surface area (Å²) in [7, 11) is 0. The van der Waals surface area contributed by atoms with Crippen LogP contribution in [0.3, 0.4) is 0 Å². The van der Waals surface area contributed by atoms with Gasteiger partial charge in [-0.25, -0.2) is 10.9 Å². The summed E-state index contributed by atoms with van der Waals surface area (Å²) in [6, 6.07) is 16.0. The molecule has 144 valence electrons. The number of carbonyl (C=O) groups excluding carboxylic acids is 1. The minimum Gasteiger partial charge on any atom is -0.493 e. The summed E-state index contributed by atoms with van der Waals surface area (Å²) in [6.07, 6.45) is 2.83. The van der Waals surface area contributed by atoms with E-state index in [9.17, 15) is 4.79 Å². The number of hydrogen-bond donors (Lipinski definition) is 3. The minimum absolute atomic E-state index is 0.0101. The van der Waals surface area contributed by atoms with E-state index in [0.717, 1.165) is 29.7 Å². The highest BCUT2D eigenvalue weighted by molar-refractivity contribution is 5.82. The summed E-state index contributed by atoms with van der Waals surface area (Å²) in [5.41, 5.74) is 9.78. The summed E-state index contributed by atoms with van der Waals surface area (Å²) in [4.78, 5) is 12.5. The number of hydrazine groups is 1. The molecule has 0 aromatic heterocycles. The molecule has 1 aliphatic heterocycles. The van der Waals surface area contributed by atoms with E-state index >= 15 is 0 Å². The zero-order valence-electron chi connectivity index (χ0n) is 16.1. The molecule has 5 nitrogen and oxygen atoms in total. The van der Waals surface area contributed by atoms with Crippen LogP contribution in [0.25, 0.3) is 0 Å². The quantitative estimate of drug-likeness (QED) is 0.626. The highest BCUT2D eigenvalue weighted by atomic mass is 16.5. The Morgan fingerprint density at radius 1 is 1.19 bits per heavy atom. The molecule has 2 unspecified atom stereocenters. The Hall–Kier alpha value is -2.37. The van der Waals surface area contributed by atoms with Crippen molar-refractivity contribution in [2.75, 3.05) is 6.61 Å². The number of hydrogen-bond acceptors (Lipinski definition) is 4. The van der Waals surface area contributed by atoms with E-state index in [0.29, 0.717) is 19.6 Å². The van der Waals surface area contributed by atoms with Gasteiger partial charge < -0.3 is 10.1 Å². The monoisotopic (exact) mass is 367 g/mol. The second-order valence-corrected chi connectivity index (χ2v) is 7.08. The molecule has 0 aliphatic carbocycles. The SMILES string of the molecule is CCCCOc1ccccc1C1CC(C(=O)NCc2cccc(C)c2)NN1. The van der Waals surface area contributed by atoms with Gasteiger partial charge in [-0.1, -0.05) is 61.4 Å². The highest BCUT2D eigenvalue weighted by Gasteiger charge is 2.31. The van der Waals surface area contributed by atoms with Crippen LogP contribution >= 0.6 is 0 Å². The summed E-state index contributed by atoms with van der Waals surface area (Å²) < 4.78 is 5.93. The van der Waals surface area contributed by atoms with E-state index in [1.807, 2.05) is 30.3 Å². The van der Waals surface area contributed by atoms with Crippen molar-refractivity contribution in [3.63, 3.8) is 0 Å². The molecule has 3 N–H and O–H groups in total. The van der Waals surface area contributed by atoms with E-state index in [1.54, 1.807) is 0 Å². The van der Waals surface area contributed by atoms with Crippen LogP contribution in [-0.2, 0) is 11.3 Å². The van der Waals surface area contributed by atoms with Gasteiger partial charge in [0.05, 0.1) is 12.6 Å². The molecule has 0 saturated carbocycles. The van der Waals surface area contributed by atoms with Gasteiger partial charge >= 0.3 is 0 Å². The molecule has 1 fully saturated rings. The van der Waals surface area contributed by atoms with Gasteiger partial charge in [-0.15, -0.1) is 0 Å². The zero-order valence-corrected chi connectivity index (χ0v) is 16.1. The Balaban J connectivity index is 1.56. The number of amides is 1. The average Bonchev–Trinajstić information content (AvgIpc) is 3.17. The lowest BCUT2D eigenvalue weighted by Crippen LogP contribution is -2.42. The number of nitrogens with one attached hydrogen (secondary N) is 3. The van der Waals surface area contributed by atoms with Gasteiger partial charge in [0, 0.05) is 12.1 Å². The van der Waals surface area contributed by atoms with Gasteiger partial charge in [0.25, 0.3) is 0 Å². The molecule has 1 aliphatic rings. The molecule has 0 spiro atoms. The number of para-hydroxylation sites is 1. The molecule has 1 saturated heterocycles. The van der Waals surface area contributed by atoms with Crippen LogP contribution in [0.15, 0.2) is 48.5 Å². The van der Waals surface area contributed by atoms with Crippen LogP contribution in [0.2, 0.25) is 0 Å². The van der Waals surface area contributed by atoms with Crippen LogP contribution in [0.1, 0.15) is 48.9 Å². The largest absolute Gasteiger partial charge is 0.493 e. The molecular weight excluding hydrogens is 338 g/mol. The first-order valence-corrected chi connectivity index (χ1v) is 9.73. The van der Waals surface area contributed by atoms with Gasteiger partial charge in [0.2, 0.25) is 5.91 Å². The van der Waals surface area contributed by atoms with Crippen molar-refractivity contribution < 1.29 is 9.53 Å². The summed E-state index contributed by atoms with van der Waals surface area (Å²) in [5.74, 6) is 0.905. The normalized spacial score (nSPS) is 19.0. The number of ether oxygens (including phenoxy) is 1. The van der Waals surface area contributed by atoms with E-state index in [1.165, 1.54) is 5.56 Å². The first kappa shape index (κ1) is 19.4. The first-order valence-electron chi connectivity index (χ1n) is 9.73. The Labute approximate surface area is 161 Å². The molecule has 3 rings (SSSR count). The topological polar surface area (TPSA) is 62.4 Å². The van der Waals surface area contributed by atoms with Crippen molar-refractivity contribution in [3.05, 3.63) is 65.2 Å². The Morgan fingerprint density at radius 3 is 2.85 bits per heavy atom. The third kappa shape index (κ3) is 5.31. The molecule has 2 atom stereocenters. The molecule has 1 amide bonds. The second kappa shape index (κ2) is 9.53. The van der Waals surface area contributed by atoms with Gasteiger partial charge in [-0.05, 0) is 31.4 Å². The second-order valence-electron chi connectivity index (χ2n) is 7.08. The Bertz CT molecular complexity index is 763. The fourth-order valence-electron chi connectivity index (χ4n) is 3.29. The van der Waals surface area contributed by atoms with Gasteiger partial charge in [0.1, 0.15) is 11.8 Å². The average molecular weight is 367 g/mol. The smallest absolute Gasteiger partial charge is 0.238 e. The van der Waals surface area contributed by atoms with Crippen molar-refractivity contribution in [3.8, 4) is 5.75 Å². The lowest BCUT2D eigenvalue weighted by molar-refractivity contribution is -0.123. The lowest BCUT2D eigenvalue weighted by Gasteiger charge is -2.16. The number of carbonyl (C=O) groups is 1. The first-order chi connectivity index (χ1) is 13.2. The van der Waals surface area contributed by atoms with E-state index in [4.69, 9.17) is 4.74 Å². The van der Waals surface area contributed by atoms with Crippen molar-refractivity contribution in [2.24, 2.45) is 0 Å². The standard InChI is InChI=1S/C22H29N3O2/c1-3-4-12-27-21-11-6-5-10-18(21)19-14-20(25-24-19)22(26)23-15-17-9-7-8-16(2)13-17/h5-11,13,19-20,24-25H,3-4,12,14-15H2,1-2H3,(H,23,26). The molecule has 5 heteroatoms. The van der Waals surface area contributed by atoms with Crippen molar-refractivity contribution >= 4 is 5.91 Å². The maximum atomic E-state index is 12.5. The molecule has 0 radical (unpaired) electrons. The summed E-state index contributed by atoms with van der Waals surface area (Å²) in [6.45, 7) is 5.46. The van der Waals surface area contributed by atoms with E-state index in [-0.39, 0.29) is 18.0 Å². The van der Waals surface area contributed by atoms with Gasteiger partial charge in [0.15, 0.2) is 0 Å². The number of unbranched alkanes of at least 4 members (excludes halogenated alkanes) is 1. The van der Waals surface area contributed by atoms with E-state index < -0.39 is 0 Å². The molecule has 27 heavy (non-hydrogen) atoms. The zero-order chi connectivity index (χ0) is 19.1. The van der Waals surface area contributed by atoms with E-state index in [2.05, 4.69) is 48.2 Å². The number of aryl methyl sites for hydroxylation is 1. The van der Waals surface area contributed by atoms with Crippen LogP contribution < -0.4 is 20.9 Å². The fourth-order valence-corrected chi connectivity index (χ4v) is 3.29. The summed E-state index contributed by atoms with van der Waals surface area (Å²) in [5, 5.41) is 3.02. The molecule has 2 aromatic rings. The third-order valence-corrected chi connectivity index (χ3v) is 4.82. The van der Waals surface area contributed by atoms with Gasteiger partial charge in [-0.2, -0.15) is 0 Å². The van der Waals surface area contributed by atoms with Crippen LogP contribution in [0.4, 0.5) is 0 Å². The number of rotatable bonds is 8. The summed E-state index contributed by atoms with van der Waals surface area (Å²) >= 11 is 0. The minimum atomic E-state index is -0.261. The molecule has 2 aromatic carbocycles. The highest BCUT2D eigenvalue weighted by Crippen LogP contribution is 2.30. The molecular formula is C22H29N3O2. The third-order valence-electron chi connectivity index (χ3n) is 4.82. The lowest BCUT2D eigenvalue weighted by atomic mass is 10.0. The molecule has 1 heterocycles. The van der Waals surface area contributed by atoms with Crippen LogP contribution in [-0.4, -0.2) is 18.6 Å². The predicted octanol–water partition coefficient (Wildman–Crippen LogP) is 3.40. The fraction of sp³-hybridized carbons (Fsp3) is 0.409. The number of benzene rings is 2. The maximum Gasteiger partial charge on any atom is 0.238 e. The van der Waals surface area contributed by atoms with Crippen molar-refractivity contribution in [1.82, 2.24) is 16.2 Å². The Kier molecular flexibility index (Phi) is 6.85. The Morgan fingerprint density at radius 2 is 2.04 bits per heavy atom. The van der Waals surface area contributed by atoms with Crippen molar-refractivity contribution in [1.29, 1.82) is 0 Å². The van der Waals surface area contributed by atoms with Crippen LogP contribution in [0, 0.1) is 6.92 Å².